The van der Waals surface area contributed by atoms with E-state index in [9.17, 15) is 9.59 Å². The highest BCUT2D eigenvalue weighted by molar-refractivity contribution is 5.89. The first-order chi connectivity index (χ1) is 9.02. The molecule has 1 aliphatic rings. The second-order valence-electron chi connectivity index (χ2n) is 4.93. The number of carboxylic acids is 1. The molecule has 0 atom stereocenters. The molecule has 1 aromatic heterocycles. The third-order valence-electron chi connectivity index (χ3n) is 3.52. The van der Waals surface area contributed by atoms with E-state index in [1.807, 2.05) is 6.92 Å². The minimum atomic E-state index is -0.837. The lowest BCUT2D eigenvalue weighted by atomic mass is 9.69. The van der Waals surface area contributed by atoms with Gasteiger partial charge in [-0.25, -0.2) is 4.79 Å². The van der Waals surface area contributed by atoms with Crippen LogP contribution < -0.4 is 10.6 Å². The van der Waals surface area contributed by atoms with Crippen LogP contribution in [-0.4, -0.2) is 28.6 Å². The Morgan fingerprint density at radius 3 is 2.63 bits per heavy atom. The Morgan fingerprint density at radius 2 is 2.16 bits per heavy atom. The fraction of sp³-hybridized carbons (Fsp3) is 0.462. The second kappa shape index (κ2) is 5.26. The molecule has 0 unspecified atom stereocenters. The van der Waals surface area contributed by atoms with Crippen molar-refractivity contribution in [1.29, 1.82) is 0 Å². The molecule has 6 heteroatoms. The van der Waals surface area contributed by atoms with Gasteiger partial charge < -0.3 is 15.7 Å². The highest BCUT2D eigenvalue weighted by Crippen LogP contribution is 2.40. The van der Waals surface area contributed by atoms with Gasteiger partial charge in [0.25, 0.3) is 0 Å². The zero-order chi connectivity index (χ0) is 13.9. The van der Waals surface area contributed by atoms with Gasteiger partial charge in [0.05, 0.1) is 17.3 Å². The van der Waals surface area contributed by atoms with Crippen LogP contribution in [0.2, 0.25) is 0 Å². The summed E-state index contributed by atoms with van der Waals surface area (Å²) in [5, 5.41) is 14.4. The smallest absolute Gasteiger partial charge is 0.319 e. The number of nitrogens with one attached hydrogen (secondary N) is 2. The molecule has 6 nitrogen and oxygen atoms in total. The highest BCUT2D eigenvalue weighted by atomic mass is 16.4. The van der Waals surface area contributed by atoms with Crippen molar-refractivity contribution in [2.45, 2.75) is 26.2 Å². The molecule has 1 aromatic rings. The minimum absolute atomic E-state index is 0.160. The number of amides is 2. The van der Waals surface area contributed by atoms with Gasteiger partial charge in [-0.15, -0.1) is 0 Å². The third-order valence-corrected chi connectivity index (χ3v) is 3.52. The monoisotopic (exact) mass is 263 g/mol. The molecule has 0 spiro atoms. The molecule has 1 saturated carbocycles. The molecule has 2 rings (SSSR count). The molecule has 0 saturated heterocycles. The van der Waals surface area contributed by atoms with Gasteiger partial charge in [0.15, 0.2) is 0 Å². The molecule has 2 amide bonds. The minimum Gasteiger partial charge on any atom is -0.481 e. The normalized spacial score (nSPS) is 16.3. The maximum Gasteiger partial charge on any atom is 0.319 e. The summed E-state index contributed by atoms with van der Waals surface area (Å²) in [4.78, 5) is 26.9. The fourth-order valence-electron chi connectivity index (χ4n) is 2.04. The van der Waals surface area contributed by atoms with Gasteiger partial charge in [0.1, 0.15) is 0 Å². The molecular weight excluding hydrogens is 246 g/mol. The van der Waals surface area contributed by atoms with Crippen LogP contribution in [0.1, 0.15) is 25.0 Å². The predicted molar refractivity (Wildman–Crippen MR) is 69.9 cm³/mol. The lowest BCUT2D eigenvalue weighted by Crippen LogP contribution is -2.48. The molecule has 0 bridgehead atoms. The van der Waals surface area contributed by atoms with E-state index >= 15 is 0 Å². The number of nitrogens with zero attached hydrogens (tertiary/aromatic N) is 1. The van der Waals surface area contributed by atoms with Crippen molar-refractivity contribution in [2.24, 2.45) is 5.41 Å². The van der Waals surface area contributed by atoms with Crippen LogP contribution in [0.4, 0.5) is 10.5 Å². The molecule has 1 aliphatic carbocycles. The van der Waals surface area contributed by atoms with Crippen LogP contribution in [0.3, 0.4) is 0 Å². The largest absolute Gasteiger partial charge is 0.481 e. The van der Waals surface area contributed by atoms with Gasteiger partial charge >= 0.3 is 12.0 Å². The van der Waals surface area contributed by atoms with E-state index in [0.29, 0.717) is 18.5 Å². The Labute approximate surface area is 111 Å². The van der Waals surface area contributed by atoms with Crippen LogP contribution in [0.15, 0.2) is 18.3 Å². The molecule has 102 valence electrons. The molecule has 1 heterocycles. The summed E-state index contributed by atoms with van der Waals surface area (Å²) in [6, 6.07) is 3.14. The van der Waals surface area contributed by atoms with Crippen molar-refractivity contribution in [1.82, 2.24) is 10.3 Å². The molecule has 3 N–H and O–H groups in total. The summed E-state index contributed by atoms with van der Waals surface area (Å²) in [6.07, 6.45) is 3.70. The summed E-state index contributed by atoms with van der Waals surface area (Å²) in [5.74, 6) is -0.837. The zero-order valence-electron chi connectivity index (χ0n) is 10.8. The van der Waals surface area contributed by atoms with Gasteiger partial charge in [-0.1, -0.05) is 6.42 Å². The Kier molecular flexibility index (Phi) is 3.69. The SMILES string of the molecule is Cc1ccc(NC(=O)NCC2(C(=O)O)CCC2)cn1. The number of hydrogen-bond acceptors (Lipinski definition) is 3. The Balaban J connectivity index is 1.85. The number of carbonyl (C=O) groups excluding carboxylic acids is 1. The van der Waals surface area contributed by atoms with E-state index < -0.39 is 17.4 Å². The van der Waals surface area contributed by atoms with Crippen LogP contribution in [0.25, 0.3) is 0 Å². The van der Waals surface area contributed by atoms with Crippen LogP contribution >= 0.6 is 0 Å². The maximum atomic E-state index is 11.7. The van der Waals surface area contributed by atoms with Crippen molar-refractivity contribution < 1.29 is 14.7 Å². The predicted octanol–water partition coefficient (Wildman–Crippen LogP) is 1.77. The van der Waals surface area contributed by atoms with E-state index in [0.717, 1.165) is 12.1 Å². The Bertz CT molecular complexity index is 480. The first-order valence-electron chi connectivity index (χ1n) is 6.23. The number of rotatable bonds is 4. The molecular formula is C13H17N3O3. The molecule has 0 radical (unpaired) electrons. The van der Waals surface area contributed by atoms with Crippen LogP contribution in [0.5, 0.6) is 0 Å². The Hall–Kier alpha value is -2.11. The van der Waals surface area contributed by atoms with E-state index in [4.69, 9.17) is 5.11 Å². The Morgan fingerprint density at radius 1 is 1.42 bits per heavy atom. The van der Waals surface area contributed by atoms with Crippen molar-refractivity contribution >= 4 is 17.7 Å². The average molecular weight is 263 g/mol. The number of urea groups is 1. The van der Waals surface area contributed by atoms with Gasteiger partial charge in [0.2, 0.25) is 0 Å². The second-order valence-corrected chi connectivity index (χ2v) is 4.93. The quantitative estimate of drug-likeness (QED) is 0.772. The summed E-state index contributed by atoms with van der Waals surface area (Å²) in [5.41, 5.74) is 0.675. The number of carboxylic acid groups (broad SMARTS) is 1. The number of aromatic nitrogens is 1. The van der Waals surface area contributed by atoms with Crippen molar-refractivity contribution in [3.8, 4) is 0 Å². The van der Waals surface area contributed by atoms with E-state index in [-0.39, 0.29) is 6.54 Å². The first-order valence-corrected chi connectivity index (χ1v) is 6.23. The first kappa shape index (κ1) is 13.3. The summed E-state index contributed by atoms with van der Waals surface area (Å²) in [7, 11) is 0. The molecule has 19 heavy (non-hydrogen) atoms. The van der Waals surface area contributed by atoms with E-state index in [1.165, 1.54) is 0 Å². The topological polar surface area (TPSA) is 91.3 Å². The lowest BCUT2D eigenvalue weighted by molar-refractivity contribution is -0.153. The van der Waals surface area contributed by atoms with E-state index in [2.05, 4.69) is 15.6 Å². The van der Waals surface area contributed by atoms with Crippen molar-refractivity contribution in [2.75, 3.05) is 11.9 Å². The average Bonchev–Trinajstić information content (AvgIpc) is 2.30. The van der Waals surface area contributed by atoms with Crippen molar-refractivity contribution in [3.63, 3.8) is 0 Å². The number of pyridine rings is 1. The van der Waals surface area contributed by atoms with Crippen LogP contribution in [-0.2, 0) is 4.79 Å². The highest BCUT2D eigenvalue weighted by Gasteiger charge is 2.44. The number of carbonyl (C=O) groups is 2. The summed E-state index contributed by atoms with van der Waals surface area (Å²) in [6.45, 7) is 2.02. The maximum absolute atomic E-state index is 11.7. The third kappa shape index (κ3) is 3.01. The summed E-state index contributed by atoms with van der Waals surface area (Å²) < 4.78 is 0. The number of aryl methyl sites for hydroxylation is 1. The van der Waals surface area contributed by atoms with E-state index in [1.54, 1.807) is 18.3 Å². The van der Waals surface area contributed by atoms with Crippen molar-refractivity contribution in [3.05, 3.63) is 24.0 Å². The van der Waals surface area contributed by atoms with Crippen LogP contribution in [0, 0.1) is 12.3 Å². The lowest BCUT2D eigenvalue weighted by Gasteiger charge is -2.37. The molecule has 0 aromatic carbocycles. The summed E-state index contributed by atoms with van der Waals surface area (Å²) >= 11 is 0. The number of aliphatic carboxylic acids is 1. The van der Waals surface area contributed by atoms with Gasteiger partial charge in [-0.3, -0.25) is 9.78 Å². The van der Waals surface area contributed by atoms with Gasteiger partial charge in [0, 0.05) is 12.2 Å². The number of anilines is 1. The molecule has 0 aliphatic heterocycles. The van der Waals surface area contributed by atoms with Gasteiger partial charge in [-0.05, 0) is 31.9 Å². The molecule has 1 fully saturated rings. The zero-order valence-corrected chi connectivity index (χ0v) is 10.8. The standard InChI is InChI=1S/C13H17N3O3/c1-9-3-4-10(7-14-9)16-12(19)15-8-13(11(17)18)5-2-6-13/h3-4,7H,2,5-6,8H2,1H3,(H,17,18)(H2,15,16,19). The number of hydrogen-bond donors (Lipinski definition) is 3. The van der Waals surface area contributed by atoms with Gasteiger partial charge in [-0.2, -0.15) is 0 Å². The fourth-order valence-corrected chi connectivity index (χ4v) is 2.04.